The van der Waals surface area contributed by atoms with Crippen molar-refractivity contribution in [1.29, 1.82) is 0 Å². The number of fused-ring (bicyclic) bond motifs is 1. The van der Waals surface area contributed by atoms with Crippen molar-refractivity contribution in [3.05, 3.63) is 24.3 Å². The standard InChI is InChI=1S/C17H24N2OS/c1-20-15-10-8-14(9-11-15)18-17(21)19-12-4-6-13-5-2-3-7-16(13)19/h8-11,13,16H,2-7,12H2,1H3,(H,18,21)/t13-,16-/m0/s1. The van der Waals surface area contributed by atoms with E-state index in [4.69, 9.17) is 17.0 Å². The maximum absolute atomic E-state index is 5.67. The van der Waals surface area contributed by atoms with Gasteiger partial charge in [-0.2, -0.15) is 0 Å². The molecule has 0 radical (unpaired) electrons. The molecule has 3 rings (SSSR count). The van der Waals surface area contributed by atoms with E-state index in [1.807, 2.05) is 24.3 Å². The lowest BCUT2D eigenvalue weighted by molar-refractivity contribution is 0.121. The van der Waals surface area contributed by atoms with Crippen molar-refractivity contribution >= 4 is 23.0 Å². The molecule has 1 saturated carbocycles. The fraction of sp³-hybridized carbons (Fsp3) is 0.588. The van der Waals surface area contributed by atoms with E-state index in [2.05, 4.69) is 10.2 Å². The SMILES string of the molecule is COc1ccc(NC(=S)N2CCC[C@@H]3CCCC[C@@H]32)cc1. The largest absolute Gasteiger partial charge is 0.497 e. The summed E-state index contributed by atoms with van der Waals surface area (Å²) in [5, 5.41) is 4.28. The summed E-state index contributed by atoms with van der Waals surface area (Å²) in [5.41, 5.74) is 1.04. The first-order valence-electron chi connectivity index (χ1n) is 7.99. The Kier molecular flexibility index (Phi) is 4.63. The van der Waals surface area contributed by atoms with Crippen LogP contribution in [-0.2, 0) is 0 Å². The molecule has 0 unspecified atom stereocenters. The van der Waals surface area contributed by atoms with Gasteiger partial charge in [0.25, 0.3) is 0 Å². The second-order valence-electron chi connectivity index (χ2n) is 6.11. The quantitative estimate of drug-likeness (QED) is 0.833. The zero-order chi connectivity index (χ0) is 14.7. The third kappa shape index (κ3) is 3.31. The molecule has 4 heteroatoms. The minimum absolute atomic E-state index is 0.658. The van der Waals surface area contributed by atoms with Crippen molar-refractivity contribution in [2.24, 2.45) is 5.92 Å². The molecule has 114 valence electrons. The molecule has 0 spiro atoms. The molecule has 2 fully saturated rings. The van der Waals surface area contributed by atoms with Crippen LogP contribution in [0.4, 0.5) is 5.69 Å². The Morgan fingerprint density at radius 2 is 1.86 bits per heavy atom. The van der Waals surface area contributed by atoms with Crippen LogP contribution < -0.4 is 10.1 Å². The zero-order valence-corrected chi connectivity index (χ0v) is 13.5. The second-order valence-corrected chi connectivity index (χ2v) is 6.49. The van der Waals surface area contributed by atoms with Gasteiger partial charge < -0.3 is 15.0 Å². The van der Waals surface area contributed by atoms with E-state index in [-0.39, 0.29) is 0 Å². The van der Waals surface area contributed by atoms with Crippen molar-refractivity contribution in [3.63, 3.8) is 0 Å². The average Bonchev–Trinajstić information content (AvgIpc) is 2.55. The van der Waals surface area contributed by atoms with E-state index in [0.717, 1.165) is 29.0 Å². The van der Waals surface area contributed by atoms with Crippen molar-refractivity contribution in [2.45, 2.75) is 44.6 Å². The van der Waals surface area contributed by atoms with Crippen LogP contribution in [0.2, 0.25) is 0 Å². The molecule has 0 bridgehead atoms. The first kappa shape index (κ1) is 14.6. The number of piperidine rings is 1. The molecule has 2 aliphatic rings. The number of likely N-dealkylation sites (tertiary alicyclic amines) is 1. The number of benzene rings is 1. The summed E-state index contributed by atoms with van der Waals surface area (Å²) in [5.74, 6) is 1.72. The predicted octanol–water partition coefficient (Wildman–Crippen LogP) is 4.05. The first-order chi connectivity index (χ1) is 10.3. The number of nitrogens with one attached hydrogen (secondary N) is 1. The van der Waals surface area contributed by atoms with E-state index >= 15 is 0 Å². The van der Waals surface area contributed by atoms with Crippen LogP contribution in [0.1, 0.15) is 38.5 Å². The molecule has 1 aliphatic carbocycles. The fourth-order valence-corrected chi connectivity index (χ4v) is 4.09. The molecule has 1 aliphatic heterocycles. The molecule has 1 heterocycles. The molecule has 1 saturated heterocycles. The molecule has 0 aromatic heterocycles. The average molecular weight is 304 g/mol. The maximum Gasteiger partial charge on any atom is 0.173 e. The van der Waals surface area contributed by atoms with Gasteiger partial charge in [-0.15, -0.1) is 0 Å². The molecule has 0 amide bonds. The summed E-state index contributed by atoms with van der Waals surface area (Å²) in [6, 6.07) is 8.63. The number of thiocarbonyl (C=S) groups is 1. The van der Waals surface area contributed by atoms with Gasteiger partial charge in [0.2, 0.25) is 0 Å². The fourth-order valence-electron chi connectivity index (χ4n) is 3.75. The smallest absolute Gasteiger partial charge is 0.173 e. The third-order valence-electron chi connectivity index (χ3n) is 4.85. The molecule has 2 atom stereocenters. The van der Waals surface area contributed by atoms with Crippen LogP contribution in [0.15, 0.2) is 24.3 Å². The van der Waals surface area contributed by atoms with Crippen molar-refractivity contribution in [3.8, 4) is 5.75 Å². The van der Waals surface area contributed by atoms with Crippen LogP contribution in [0, 0.1) is 5.92 Å². The molecule has 1 aromatic carbocycles. The molecular weight excluding hydrogens is 280 g/mol. The van der Waals surface area contributed by atoms with E-state index in [1.54, 1.807) is 7.11 Å². The van der Waals surface area contributed by atoms with E-state index in [1.165, 1.54) is 38.5 Å². The molecule has 1 N–H and O–H groups in total. The minimum Gasteiger partial charge on any atom is -0.497 e. The lowest BCUT2D eigenvalue weighted by atomic mass is 9.78. The molecule has 1 aromatic rings. The Hall–Kier alpha value is -1.29. The highest BCUT2D eigenvalue weighted by Crippen LogP contribution is 2.35. The Bertz CT molecular complexity index is 486. The second kappa shape index (κ2) is 6.65. The lowest BCUT2D eigenvalue weighted by Crippen LogP contribution is -2.51. The first-order valence-corrected chi connectivity index (χ1v) is 8.40. The summed E-state index contributed by atoms with van der Waals surface area (Å²) in [6.45, 7) is 1.10. The van der Waals surface area contributed by atoms with E-state index in [0.29, 0.717) is 6.04 Å². The number of rotatable bonds is 2. The lowest BCUT2D eigenvalue weighted by Gasteiger charge is -2.45. The van der Waals surface area contributed by atoms with Gasteiger partial charge in [0, 0.05) is 18.3 Å². The predicted molar refractivity (Wildman–Crippen MR) is 90.9 cm³/mol. The van der Waals surface area contributed by atoms with Crippen LogP contribution >= 0.6 is 12.2 Å². The number of ether oxygens (including phenoxy) is 1. The van der Waals surface area contributed by atoms with Crippen LogP contribution in [0.3, 0.4) is 0 Å². The van der Waals surface area contributed by atoms with E-state index < -0.39 is 0 Å². The van der Waals surface area contributed by atoms with Gasteiger partial charge in [-0.3, -0.25) is 0 Å². The molecular formula is C17H24N2OS. The van der Waals surface area contributed by atoms with Gasteiger partial charge in [-0.05, 0) is 68.1 Å². The zero-order valence-electron chi connectivity index (χ0n) is 12.7. The maximum atomic E-state index is 5.67. The summed E-state index contributed by atoms with van der Waals surface area (Å²) >= 11 is 5.67. The number of hydrogen-bond acceptors (Lipinski definition) is 2. The van der Waals surface area contributed by atoms with Crippen molar-refractivity contribution in [1.82, 2.24) is 4.90 Å². The number of nitrogens with zero attached hydrogens (tertiary/aromatic N) is 1. The summed E-state index contributed by atoms with van der Waals surface area (Å²) < 4.78 is 5.19. The Labute approximate surface area is 132 Å². The van der Waals surface area contributed by atoms with Gasteiger partial charge in [-0.25, -0.2) is 0 Å². The van der Waals surface area contributed by atoms with Gasteiger partial charge in [0.05, 0.1) is 7.11 Å². The van der Waals surface area contributed by atoms with Gasteiger partial charge in [-0.1, -0.05) is 12.8 Å². The summed E-state index contributed by atoms with van der Waals surface area (Å²) in [7, 11) is 1.68. The third-order valence-corrected chi connectivity index (χ3v) is 5.18. The monoisotopic (exact) mass is 304 g/mol. The number of anilines is 1. The van der Waals surface area contributed by atoms with Crippen LogP contribution in [-0.4, -0.2) is 29.7 Å². The van der Waals surface area contributed by atoms with Crippen LogP contribution in [0.5, 0.6) is 5.75 Å². The molecule has 21 heavy (non-hydrogen) atoms. The van der Waals surface area contributed by atoms with Gasteiger partial charge >= 0.3 is 0 Å². The van der Waals surface area contributed by atoms with E-state index in [9.17, 15) is 0 Å². The number of methoxy groups -OCH3 is 1. The normalized spacial score (nSPS) is 25.1. The highest BCUT2D eigenvalue weighted by molar-refractivity contribution is 7.80. The topological polar surface area (TPSA) is 24.5 Å². The van der Waals surface area contributed by atoms with Gasteiger partial charge in [0.1, 0.15) is 5.75 Å². The summed E-state index contributed by atoms with van der Waals surface area (Å²) in [6.07, 6.45) is 8.08. The Balaban J connectivity index is 1.65. The van der Waals surface area contributed by atoms with Crippen molar-refractivity contribution in [2.75, 3.05) is 19.0 Å². The Morgan fingerprint density at radius 3 is 2.62 bits per heavy atom. The van der Waals surface area contributed by atoms with Crippen molar-refractivity contribution < 1.29 is 4.74 Å². The summed E-state index contributed by atoms with van der Waals surface area (Å²) in [4.78, 5) is 2.44. The Morgan fingerprint density at radius 1 is 1.14 bits per heavy atom. The highest BCUT2D eigenvalue weighted by atomic mass is 32.1. The highest BCUT2D eigenvalue weighted by Gasteiger charge is 2.34. The molecule has 3 nitrogen and oxygen atoms in total. The number of hydrogen-bond donors (Lipinski definition) is 1. The van der Waals surface area contributed by atoms with Crippen LogP contribution in [0.25, 0.3) is 0 Å². The van der Waals surface area contributed by atoms with Gasteiger partial charge in [0.15, 0.2) is 5.11 Å². The minimum atomic E-state index is 0.658.